The number of carbonyl (C=O) groups is 1. The Morgan fingerprint density at radius 2 is 2.09 bits per heavy atom. The third kappa shape index (κ3) is 2.65. The van der Waals surface area contributed by atoms with E-state index in [0.29, 0.717) is 5.56 Å². The maximum atomic E-state index is 12.2. The number of hydrogen-bond acceptors (Lipinski definition) is 3. The highest BCUT2D eigenvalue weighted by Gasteiger charge is 2.16. The zero-order valence-electron chi connectivity index (χ0n) is 12.4. The minimum Gasteiger partial charge on any atom is -0.459 e. The van der Waals surface area contributed by atoms with Gasteiger partial charge in [0.05, 0.1) is 12.8 Å². The van der Waals surface area contributed by atoms with E-state index in [0.717, 1.165) is 16.5 Å². The summed E-state index contributed by atoms with van der Waals surface area (Å²) in [5.74, 6) is 0.00398. The molecule has 5 heteroatoms. The monoisotopic (exact) mass is 296 g/mol. The van der Waals surface area contributed by atoms with Gasteiger partial charge in [0.15, 0.2) is 5.76 Å². The van der Waals surface area contributed by atoms with Crippen LogP contribution < -0.4 is 5.56 Å². The van der Waals surface area contributed by atoms with Crippen molar-refractivity contribution in [3.05, 3.63) is 69.9 Å². The molecule has 0 fully saturated rings. The molecule has 0 bridgehead atoms. The first-order valence-electron chi connectivity index (χ1n) is 6.96. The lowest BCUT2D eigenvalue weighted by Gasteiger charge is -2.15. The van der Waals surface area contributed by atoms with Gasteiger partial charge in [-0.25, -0.2) is 0 Å². The molecule has 0 saturated carbocycles. The molecule has 1 amide bonds. The van der Waals surface area contributed by atoms with Gasteiger partial charge in [0.1, 0.15) is 0 Å². The highest BCUT2D eigenvalue weighted by Crippen LogP contribution is 2.14. The highest BCUT2D eigenvalue weighted by atomic mass is 16.3. The number of nitrogens with one attached hydrogen (secondary N) is 1. The SMILES string of the molecule is Cc1ccc2[nH]c(=O)c(CN(C)C(=O)c3ccco3)cc2c1. The van der Waals surface area contributed by atoms with Gasteiger partial charge in [-0.1, -0.05) is 11.6 Å². The molecule has 0 aliphatic heterocycles. The van der Waals surface area contributed by atoms with Gasteiger partial charge in [-0.05, 0) is 42.6 Å². The third-order valence-corrected chi connectivity index (χ3v) is 3.56. The zero-order chi connectivity index (χ0) is 15.7. The molecule has 0 aliphatic carbocycles. The Balaban J connectivity index is 1.91. The third-order valence-electron chi connectivity index (χ3n) is 3.56. The van der Waals surface area contributed by atoms with Crippen molar-refractivity contribution in [1.29, 1.82) is 0 Å². The van der Waals surface area contributed by atoms with Crippen LogP contribution in [0.2, 0.25) is 0 Å². The number of pyridine rings is 1. The van der Waals surface area contributed by atoms with Gasteiger partial charge in [0, 0.05) is 18.1 Å². The van der Waals surface area contributed by atoms with E-state index < -0.39 is 0 Å². The molecule has 0 radical (unpaired) electrons. The van der Waals surface area contributed by atoms with E-state index in [2.05, 4.69) is 4.98 Å². The van der Waals surface area contributed by atoms with E-state index in [1.165, 1.54) is 11.2 Å². The van der Waals surface area contributed by atoms with Gasteiger partial charge < -0.3 is 14.3 Å². The molecule has 0 spiro atoms. The van der Waals surface area contributed by atoms with E-state index in [1.807, 2.05) is 31.2 Å². The molecule has 0 aliphatic rings. The standard InChI is InChI=1S/C17H16N2O3/c1-11-5-6-14-12(8-11)9-13(16(20)18-14)10-19(2)17(21)15-4-3-7-22-15/h3-9H,10H2,1-2H3,(H,18,20). The number of carbonyl (C=O) groups excluding carboxylic acids is 1. The molecule has 3 aromatic rings. The van der Waals surface area contributed by atoms with Crippen molar-refractivity contribution in [2.75, 3.05) is 7.05 Å². The van der Waals surface area contributed by atoms with E-state index in [-0.39, 0.29) is 23.8 Å². The molecular formula is C17H16N2O3. The summed E-state index contributed by atoms with van der Waals surface area (Å²) < 4.78 is 5.09. The smallest absolute Gasteiger partial charge is 0.289 e. The molecule has 0 unspecified atom stereocenters. The number of furan rings is 1. The lowest BCUT2D eigenvalue weighted by Crippen LogP contribution is -2.29. The first-order valence-corrected chi connectivity index (χ1v) is 6.96. The second kappa shape index (κ2) is 5.52. The molecule has 1 N–H and O–H groups in total. The van der Waals surface area contributed by atoms with Crippen molar-refractivity contribution in [1.82, 2.24) is 9.88 Å². The highest BCUT2D eigenvalue weighted by molar-refractivity contribution is 5.91. The van der Waals surface area contributed by atoms with Crippen LogP contribution in [0, 0.1) is 6.92 Å². The average Bonchev–Trinajstić information content (AvgIpc) is 3.02. The minimum atomic E-state index is -0.256. The quantitative estimate of drug-likeness (QED) is 0.808. The summed E-state index contributed by atoms with van der Waals surface area (Å²) in [5.41, 5.74) is 2.26. The Bertz CT molecular complexity index is 879. The van der Waals surface area contributed by atoms with Crippen LogP contribution in [-0.4, -0.2) is 22.8 Å². The van der Waals surface area contributed by atoms with Crippen LogP contribution in [0.15, 0.2) is 51.9 Å². The molecule has 0 saturated heterocycles. The second-order valence-electron chi connectivity index (χ2n) is 5.35. The van der Waals surface area contributed by atoms with Crippen molar-refractivity contribution in [3.8, 4) is 0 Å². The number of aromatic amines is 1. The summed E-state index contributed by atoms with van der Waals surface area (Å²) in [4.78, 5) is 28.6. The normalized spacial score (nSPS) is 10.8. The lowest BCUT2D eigenvalue weighted by atomic mass is 10.1. The van der Waals surface area contributed by atoms with Crippen molar-refractivity contribution in [3.63, 3.8) is 0 Å². The summed E-state index contributed by atoms with van der Waals surface area (Å²) in [6.07, 6.45) is 1.45. The zero-order valence-corrected chi connectivity index (χ0v) is 12.4. The number of fused-ring (bicyclic) bond motifs is 1. The van der Waals surface area contributed by atoms with Crippen LogP contribution in [0.5, 0.6) is 0 Å². The number of rotatable bonds is 3. The fraction of sp³-hybridized carbons (Fsp3) is 0.176. The summed E-state index contributed by atoms with van der Waals surface area (Å²) >= 11 is 0. The largest absolute Gasteiger partial charge is 0.459 e. The minimum absolute atomic E-state index is 0.185. The van der Waals surface area contributed by atoms with Crippen molar-refractivity contribution in [2.24, 2.45) is 0 Å². The Kier molecular flexibility index (Phi) is 3.55. The maximum Gasteiger partial charge on any atom is 0.289 e. The van der Waals surface area contributed by atoms with Gasteiger partial charge in [0.25, 0.3) is 11.5 Å². The molecular weight excluding hydrogens is 280 g/mol. The number of amides is 1. The van der Waals surface area contributed by atoms with Crippen molar-refractivity contribution < 1.29 is 9.21 Å². The molecule has 0 atom stereocenters. The summed E-state index contributed by atoms with van der Waals surface area (Å²) in [6.45, 7) is 2.22. The molecule has 22 heavy (non-hydrogen) atoms. The molecule has 1 aromatic carbocycles. The van der Waals surface area contributed by atoms with Crippen LogP contribution >= 0.6 is 0 Å². The topological polar surface area (TPSA) is 66.3 Å². The van der Waals surface area contributed by atoms with Gasteiger partial charge in [-0.15, -0.1) is 0 Å². The lowest BCUT2D eigenvalue weighted by molar-refractivity contribution is 0.0753. The number of benzene rings is 1. The Morgan fingerprint density at radius 3 is 2.82 bits per heavy atom. The first kappa shape index (κ1) is 14.1. The Morgan fingerprint density at radius 1 is 1.27 bits per heavy atom. The van der Waals surface area contributed by atoms with Gasteiger partial charge in [-0.3, -0.25) is 9.59 Å². The summed E-state index contributed by atoms with van der Waals surface area (Å²) in [5, 5.41) is 0.952. The number of H-pyrrole nitrogens is 1. The molecule has 112 valence electrons. The summed E-state index contributed by atoms with van der Waals surface area (Å²) in [7, 11) is 1.64. The van der Waals surface area contributed by atoms with Crippen LogP contribution in [0.1, 0.15) is 21.7 Å². The van der Waals surface area contributed by atoms with Gasteiger partial charge >= 0.3 is 0 Å². The van der Waals surface area contributed by atoms with Crippen LogP contribution in [0.3, 0.4) is 0 Å². The van der Waals surface area contributed by atoms with E-state index in [1.54, 1.807) is 19.2 Å². The number of aromatic nitrogens is 1. The Labute approximate surface area is 127 Å². The predicted molar refractivity (Wildman–Crippen MR) is 83.8 cm³/mol. The maximum absolute atomic E-state index is 12.2. The fourth-order valence-electron chi connectivity index (χ4n) is 2.40. The van der Waals surface area contributed by atoms with Crippen LogP contribution in [-0.2, 0) is 6.54 Å². The van der Waals surface area contributed by atoms with E-state index in [4.69, 9.17) is 4.42 Å². The average molecular weight is 296 g/mol. The van der Waals surface area contributed by atoms with E-state index in [9.17, 15) is 9.59 Å². The van der Waals surface area contributed by atoms with Crippen LogP contribution in [0.25, 0.3) is 10.9 Å². The number of nitrogens with zero attached hydrogens (tertiary/aromatic N) is 1. The number of aryl methyl sites for hydroxylation is 1. The molecule has 2 heterocycles. The fourth-order valence-corrected chi connectivity index (χ4v) is 2.40. The Hall–Kier alpha value is -2.82. The van der Waals surface area contributed by atoms with Gasteiger partial charge in [0.2, 0.25) is 0 Å². The van der Waals surface area contributed by atoms with E-state index >= 15 is 0 Å². The van der Waals surface area contributed by atoms with Gasteiger partial charge in [-0.2, -0.15) is 0 Å². The summed E-state index contributed by atoms with van der Waals surface area (Å²) in [6, 6.07) is 10.9. The predicted octanol–water partition coefficient (Wildman–Crippen LogP) is 2.70. The second-order valence-corrected chi connectivity index (χ2v) is 5.35. The first-order chi connectivity index (χ1) is 10.5. The van der Waals surface area contributed by atoms with Crippen molar-refractivity contribution >= 4 is 16.8 Å². The number of hydrogen-bond donors (Lipinski definition) is 1. The molecule has 5 nitrogen and oxygen atoms in total. The van der Waals surface area contributed by atoms with Crippen molar-refractivity contribution in [2.45, 2.75) is 13.5 Å². The molecule has 3 rings (SSSR count). The van der Waals surface area contributed by atoms with Crippen LogP contribution in [0.4, 0.5) is 0 Å². The molecule has 2 aromatic heterocycles.